The summed E-state index contributed by atoms with van der Waals surface area (Å²) in [6.45, 7) is 0. The van der Waals surface area contributed by atoms with E-state index in [1.807, 2.05) is 0 Å². The number of phenolic OH excluding ortho intramolecular Hbond substituents is 1. The smallest absolute Gasteiger partial charge is 0.330 e. The average molecular weight is 471 g/mol. The van der Waals surface area contributed by atoms with E-state index in [0.29, 0.717) is 26.9 Å². The molecule has 9 nitrogen and oxygen atoms in total. The van der Waals surface area contributed by atoms with Gasteiger partial charge in [-0.2, -0.15) is 0 Å². The van der Waals surface area contributed by atoms with Gasteiger partial charge < -0.3 is 9.67 Å². The van der Waals surface area contributed by atoms with Crippen LogP contribution in [0, 0.1) is 10.1 Å². The van der Waals surface area contributed by atoms with E-state index in [2.05, 4.69) is 15.9 Å². The number of nitrogens with zero attached hydrogens (tertiary/aromatic N) is 4. The summed E-state index contributed by atoms with van der Waals surface area (Å²) < 4.78 is 4.49. The molecule has 2 aromatic heterocycles. The van der Waals surface area contributed by atoms with Crippen molar-refractivity contribution in [3.05, 3.63) is 84.1 Å². The van der Waals surface area contributed by atoms with Crippen LogP contribution in [0.3, 0.4) is 0 Å². The minimum absolute atomic E-state index is 0.0103. The number of hydrogen-bond acceptors (Lipinski definition) is 5. The SMILES string of the molecule is Cn1c(=O)c2c(-c3cc([N+](=O)[O-])ccc3Br)n(-c3cccc(O)c3)cc2n(C)c1=O. The van der Waals surface area contributed by atoms with Gasteiger partial charge in [-0.1, -0.05) is 22.0 Å². The van der Waals surface area contributed by atoms with E-state index >= 15 is 0 Å². The first-order chi connectivity index (χ1) is 14.2. The third-order valence-electron chi connectivity index (χ3n) is 4.96. The molecule has 4 aromatic rings. The number of aromatic hydroxyl groups is 1. The fourth-order valence-corrected chi connectivity index (χ4v) is 3.89. The van der Waals surface area contributed by atoms with E-state index in [0.717, 1.165) is 4.57 Å². The minimum atomic E-state index is -0.527. The standard InChI is InChI=1S/C20H15BrN4O5/c1-22-16-10-24(11-4-3-5-13(26)8-11)18(17(16)19(27)23(2)20(22)28)14-9-12(25(29)30)6-7-15(14)21/h3-10,26H,1-2H3. The fraction of sp³-hybridized carbons (Fsp3) is 0.100. The predicted molar refractivity (Wildman–Crippen MR) is 115 cm³/mol. The number of phenols is 1. The maximum absolute atomic E-state index is 13.1. The van der Waals surface area contributed by atoms with Gasteiger partial charge in [-0.05, 0) is 18.2 Å². The van der Waals surface area contributed by atoms with E-state index < -0.39 is 16.2 Å². The lowest BCUT2D eigenvalue weighted by molar-refractivity contribution is -0.384. The van der Waals surface area contributed by atoms with Gasteiger partial charge in [-0.15, -0.1) is 0 Å². The van der Waals surface area contributed by atoms with Gasteiger partial charge in [-0.25, -0.2) is 4.79 Å². The molecule has 2 aromatic carbocycles. The summed E-state index contributed by atoms with van der Waals surface area (Å²) in [5.41, 5.74) is 0.479. The number of fused-ring (bicyclic) bond motifs is 1. The second-order valence-corrected chi connectivity index (χ2v) is 7.61. The maximum Gasteiger partial charge on any atom is 0.330 e. The van der Waals surface area contributed by atoms with Crippen LogP contribution in [0.2, 0.25) is 0 Å². The molecule has 2 heterocycles. The molecular formula is C20H15BrN4O5. The zero-order valence-corrected chi connectivity index (χ0v) is 17.5. The molecule has 0 aliphatic heterocycles. The van der Waals surface area contributed by atoms with Crippen LogP contribution < -0.4 is 11.2 Å². The highest BCUT2D eigenvalue weighted by atomic mass is 79.9. The van der Waals surface area contributed by atoms with Crippen LogP contribution in [-0.4, -0.2) is 23.7 Å². The average Bonchev–Trinajstić information content (AvgIpc) is 3.11. The lowest BCUT2D eigenvalue weighted by Crippen LogP contribution is -2.36. The quantitative estimate of drug-likeness (QED) is 0.365. The number of rotatable bonds is 3. The molecule has 0 unspecified atom stereocenters. The van der Waals surface area contributed by atoms with Gasteiger partial charge in [0.2, 0.25) is 0 Å². The molecular weight excluding hydrogens is 456 g/mol. The molecule has 4 rings (SSSR count). The third-order valence-corrected chi connectivity index (χ3v) is 5.65. The number of hydrogen-bond donors (Lipinski definition) is 1. The number of benzene rings is 2. The molecule has 0 bridgehead atoms. The number of aromatic nitrogens is 3. The molecule has 0 amide bonds. The van der Waals surface area contributed by atoms with Crippen molar-refractivity contribution in [1.82, 2.24) is 13.7 Å². The first-order valence-electron chi connectivity index (χ1n) is 8.75. The first-order valence-corrected chi connectivity index (χ1v) is 9.54. The van der Waals surface area contributed by atoms with E-state index in [1.54, 1.807) is 29.9 Å². The summed E-state index contributed by atoms with van der Waals surface area (Å²) in [5.74, 6) is 0.0103. The Labute approximate surface area is 177 Å². The van der Waals surface area contributed by atoms with Gasteiger partial charge in [0, 0.05) is 54.2 Å². The zero-order chi connectivity index (χ0) is 21.7. The first kappa shape index (κ1) is 19.6. The summed E-state index contributed by atoms with van der Waals surface area (Å²) in [6.07, 6.45) is 1.60. The summed E-state index contributed by atoms with van der Waals surface area (Å²) in [6, 6.07) is 10.6. The van der Waals surface area contributed by atoms with Crippen molar-refractivity contribution in [3.63, 3.8) is 0 Å². The second kappa shape index (κ2) is 6.99. The van der Waals surface area contributed by atoms with Crippen molar-refractivity contribution < 1.29 is 10.0 Å². The lowest BCUT2D eigenvalue weighted by atomic mass is 10.1. The van der Waals surface area contributed by atoms with Crippen molar-refractivity contribution in [2.75, 3.05) is 0 Å². The zero-order valence-electron chi connectivity index (χ0n) is 15.9. The van der Waals surface area contributed by atoms with Crippen LogP contribution >= 0.6 is 15.9 Å². The van der Waals surface area contributed by atoms with Gasteiger partial charge >= 0.3 is 5.69 Å². The molecule has 0 radical (unpaired) electrons. The summed E-state index contributed by atoms with van der Waals surface area (Å²) >= 11 is 3.42. The highest BCUT2D eigenvalue weighted by Gasteiger charge is 2.23. The van der Waals surface area contributed by atoms with Crippen molar-refractivity contribution in [2.45, 2.75) is 0 Å². The fourth-order valence-electron chi connectivity index (χ4n) is 3.46. The molecule has 0 saturated carbocycles. The molecule has 0 saturated heterocycles. The van der Waals surface area contributed by atoms with Crippen molar-refractivity contribution in [1.29, 1.82) is 0 Å². The van der Waals surface area contributed by atoms with Crippen molar-refractivity contribution in [3.8, 4) is 22.7 Å². The Kier molecular flexibility index (Phi) is 4.58. The van der Waals surface area contributed by atoms with Crippen LogP contribution in [0.25, 0.3) is 27.8 Å². The number of nitro benzene ring substituents is 1. The van der Waals surface area contributed by atoms with Crippen LogP contribution in [0.5, 0.6) is 5.75 Å². The molecule has 0 aliphatic rings. The van der Waals surface area contributed by atoms with Gasteiger partial charge in [0.15, 0.2) is 0 Å². The number of non-ortho nitro benzene ring substituents is 1. The molecule has 152 valence electrons. The molecule has 0 spiro atoms. The lowest BCUT2D eigenvalue weighted by Gasteiger charge is -2.12. The van der Waals surface area contributed by atoms with Gasteiger partial charge in [0.25, 0.3) is 11.2 Å². The minimum Gasteiger partial charge on any atom is -0.508 e. The van der Waals surface area contributed by atoms with Crippen LogP contribution in [-0.2, 0) is 14.1 Å². The van der Waals surface area contributed by atoms with E-state index in [9.17, 15) is 24.8 Å². The monoisotopic (exact) mass is 470 g/mol. The van der Waals surface area contributed by atoms with Crippen LogP contribution in [0.4, 0.5) is 5.69 Å². The molecule has 1 N–H and O–H groups in total. The third kappa shape index (κ3) is 2.92. The molecule has 0 atom stereocenters. The van der Waals surface area contributed by atoms with E-state index in [4.69, 9.17) is 0 Å². The topological polar surface area (TPSA) is 112 Å². The molecule has 0 aliphatic carbocycles. The Balaban J connectivity index is 2.24. The molecule has 30 heavy (non-hydrogen) atoms. The van der Waals surface area contributed by atoms with Crippen molar-refractivity contribution in [2.24, 2.45) is 14.1 Å². The Bertz CT molecular complexity index is 1460. The van der Waals surface area contributed by atoms with Crippen molar-refractivity contribution >= 4 is 32.5 Å². The van der Waals surface area contributed by atoms with Gasteiger partial charge in [-0.3, -0.25) is 24.0 Å². The van der Waals surface area contributed by atoms with Crippen LogP contribution in [0.15, 0.2) is 62.7 Å². The Hall–Kier alpha value is -3.66. The Morgan fingerprint density at radius 2 is 1.80 bits per heavy atom. The van der Waals surface area contributed by atoms with E-state index in [1.165, 1.54) is 41.9 Å². The highest BCUT2D eigenvalue weighted by Crippen LogP contribution is 2.37. The highest BCUT2D eigenvalue weighted by molar-refractivity contribution is 9.10. The maximum atomic E-state index is 13.1. The summed E-state index contributed by atoms with van der Waals surface area (Å²) in [4.78, 5) is 36.4. The van der Waals surface area contributed by atoms with E-state index in [-0.39, 0.29) is 16.8 Å². The summed E-state index contributed by atoms with van der Waals surface area (Å²) in [5, 5.41) is 21.5. The second-order valence-electron chi connectivity index (χ2n) is 6.75. The van der Waals surface area contributed by atoms with Gasteiger partial charge in [0.1, 0.15) is 5.75 Å². The Morgan fingerprint density at radius 1 is 1.07 bits per heavy atom. The predicted octanol–water partition coefficient (Wildman–Crippen LogP) is 3.07. The van der Waals surface area contributed by atoms with Gasteiger partial charge in [0.05, 0.1) is 21.5 Å². The Morgan fingerprint density at radius 3 is 2.47 bits per heavy atom. The largest absolute Gasteiger partial charge is 0.508 e. The number of aryl methyl sites for hydroxylation is 1. The number of halogens is 1. The normalized spacial score (nSPS) is 11.2. The molecule has 10 heteroatoms. The van der Waals surface area contributed by atoms with Crippen LogP contribution in [0.1, 0.15) is 0 Å². The molecule has 0 fully saturated rings. The summed E-state index contributed by atoms with van der Waals surface area (Å²) in [7, 11) is 2.92. The number of nitro groups is 1.